The summed E-state index contributed by atoms with van der Waals surface area (Å²) in [6, 6.07) is 6.60. The van der Waals surface area contributed by atoms with Gasteiger partial charge in [0.1, 0.15) is 0 Å². The molecule has 2 N–H and O–H groups in total. The maximum Gasteiger partial charge on any atom is 0.220 e. The van der Waals surface area contributed by atoms with E-state index in [9.17, 15) is 4.79 Å². The lowest BCUT2D eigenvalue weighted by molar-refractivity contribution is -0.122. The highest BCUT2D eigenvalue weighted by atomic mass is 33.1. The largest absolute Gasteiger partial charge is 0.355 e. The number of anilines is 1. The molecule has 8 heteroatoms. The van der Waals surface area contributed by atoms with E-state index < -0.39 is 0 Å². The highest BCUT2D eigenvalue weighted by molar-refractivity contribution is 8.77. The lowest BCUT2D eigenvalue weighted by atomic mass is 10.0. The Bertz CT molecular complexity index is 734. The van der Waals surface area contributed by atoms with Crippen molar-refractivity contribution in [2.75, 3.05) is 23.7 Å². The molecule has 0 bridgehead atoms. The van der Waals surface area contributed by atoms with Gasteiger partial charge in [0.2, 0.25) is 5.91 Å². The monoisotopic (exact) mass is 436 g/mol. The van der Waals surface area contributed by atoms with Gasteiger partial charge in [-0.2, -0.15) is 5.10 Å². The molecule has 5 nitrogen and oxygen atoms in total. The first-order chi connectivity index (χ1) is 13.8. The SMILES string of the molecule is O=C(CCCC[C@@H]1CCSS1)NC1CCN(c2cc(-c3cccs3)[nH]n2)CC1. The predicted molar refractivity (Wildman–Crippen MR) is 122 cm³/mol. The molecule has 1 amide bonds. The minimum absolute atomic E-state index is 0.228. The van der Waals surface area contributed by atoms with Gasteiger partial charge >= 0.3 is 0 Å². The smallest absolute Gasteiger partial charge is 0.220 e. The van der Waals surface area contributed by atoms with E-state index in [1.807, 2.05) is 21.6 Å². The second-order valence-corrected chi connectivity index (χ2v) is 11.3. The number of nitrogens with one attached hydrogen (secondary N) is 2. The number of hydrogen-bond donors (Lipinski definition) is 2. The minimum Gasteiger partial charge on any atom is -0.355 e. The first-order valence-electron chi connectivity index (χ1n) is 10.2. The molecule has 1 atom stereocenters. The molecule has 0 aliphatic carbocycles. The minimum atomic E-state index is 0.228. The third-order valence-electron chi connectivity index (χ3n) is 5.44. The van der Waals surface area contributed by atoms with Crippen LogP contribution >= 0.6 is 32.9 Å². The number of nitrogens with zero attached hydrogens (tertiary/aromatic N) is 2. The normalized spacial score (nSPS) is 20.6. The molecule has 0 radical (unpaired) electrons. The molecule has 2 fully saturated rings. The van der Waals surface area contributed by atoms with Crippen molar-refractivity contribution >= 4 is 44.6 Å². The van der Waals surface area contributed by atoms with Crippen molar-refractivity contribution in [1.29, 1.82) is 0 Å². The number of H-pyrrole nitrogens is 1. The number of thiophene rings is 1. The van der Waals surface area contributed by atoms with Crippen LogP contribution in [0.15, 0.2) is 23.6 Å². The number of rotatable bonds is 8. The summed E-state index contributed by atoms with van der Waals surface area (Å²) in [5.74, 6) is 2.53. The zero-order valence-electron chi connectivity index (χ0n) is 16.1. The molecule has 4 rings (SSSR count). The van der Waals surface area contributed by atoms with E-state index >= 15 is 0 Å². The number of aromatic nitrogens is 2. The summed E-state index contributed by atoms with van der Waals surface area (Å²) in [4.78, 5) is 15.8. The number of unbranched alkanes of at least 4 members (excludes halogenated alkanes) is 1. The molecule has 2 aliphatic rings. The molecule has 0 unspecified atom stereocenters. The fraction of sp³-hybridized carbons (Fsp3) is 0.600. The Hall–Kier alpha value is -1.12. The zero-order chi connectivity index (χ0) is 19.2. The Morgan fingerprint density at radius 1 is 1.29 bits per heavy atom. The van der Waals surface area contributed by atoms with Gasteiger partial charge in [0, 0.05) is 42.6 Å². The van der Waals surface area contributed by atoms with E-state index in [-0.39, 0.29) is 5.91 Å². The van der Waals surface area contributed by atoms with Crippen molar-refractivity contribution in [3.05, 3.63) is 23.6 Å². The first-order valence-corrected chi connectivity index (χ1v) is 13.5. The Balaban J connectivity index is 1.14. The quantitative estimate of drug-likeness (QED) is 0.453. The van der Waals surface area contributed by atoms with Crippen molar-refractivity contribution in [1.82, 2.24) is 15.5 Å². The van der Waals surface area contributed by atoms with Crippen LogP contribution in [0.5, 0.6) is 0 Å². The molecule has 2 aliphatic heterocycles. The van der Waals surface area contributed by atoms with Crippen molar-refractivity contribution in [2.45, 2.75) is 56.2 Å². The van der Waals surface area contributed by atoms with Crippen LogP contribution in [0.2, 0.25) is 0 Å². The van der Waals surface area contributed by atoms with Crippen LogP contribution in [0.25, 0.3) is 10.6 Å². The first kappa shape index (κ1) is 20.2. The van der Waals surface area contributed by atoms with E-state index in [1.54, 1.807) is 11.3 Å². The summed E-state index contributed by atoms with van der Waals surface area (Å²) in [5.41, 5.74) is 1.08. The van der Waals surface area contributed by atoms with E-state index in [0.29, 0.717) is 12.5 Å². The number of aromatic amines is 1. The fourth-order valence-electron chi connectivity index (χ4n) is 3.81. The topological polar surface area (TPSA) is 61.0 Å². The van der Waals surface area contributed by atoms with Crippen molar-refractivity contribution in [3.63, 3.8) is 0 Å². The van der Waals surface area contributed by atoms with E-state index in [2.05, 4.69) is 44.0 Å². The van der Waals surface area contributed by atoms with Gasteiger partial charge in [0.05, 0.1) is 10.6 Å². The molecule has 4 heterocycles. The second-order valence-electron chi connectivity index (χ2n) is 7.52. The number of hydrogen-bond acceptors (Lipinski definition) is 6. The summed E-state index contributed by atoms with van der Waals surface area (Å²) in [6.45, 7) is 1.88. The summed E-state index contributed by atoms with van der Waals surface area (Å²) < 4.78 is 0. The van der Waals surface area contributed by atoms with Gasteiger partial charge in [-0.3, -0.25) is 9.89 Å². The van der Waals surface area contributed by atoms with Crippen LogP contribution in [-0.4, -0.2) is 46.2 Å². The molecule has 2 saturated heterocycles. The standard InChI is InChI=1S/C20H28N4OS3/c25-20(6-2-1-4-16-9-13-27-28-16)21-15-7-10-24(11-8-15)19-14-17(22-23-19)18-5-3-12-26-18/h3,5,12,14-16H,1-2,4,6-11,13H2,(H,21,25)(H,22,23)/t16-/m1/s1. The summed E-state index contributed by atoms with van der Waals surface area (Å²) in [5, 5.41) is 13.8. The van der Waals surface area contributed by atoms with Crippen molar-refractivity contribution in [2.24, 2.45) is 0 Å². The molecule has 152 valence electrons. The predicted octanol–water partition coefficient (Wildman–Crippen LogP) is 4.94. The van der Waals surface area contributed by atoms with Gasteiger partial charge in [-0.25, -0.2) is 0 Å². The molecule has 2 aromatic rings. The second kappa shape index (κ2) is 10.1. The van der Waals surface area contributed by atoms with Gasteiger partial charge in [-0.15, -0.1) is 11.3 Å². The van der Waals surface area contributed by atoms with Gasteiger partial charge in [0.15, 0.2) is 5.82 Å². The number of carbonyl (C=O) groups excluding carboxylic acids is 1. The van der Waals surface area contributed by atoms with E-state index in [1.165, 1.54) is 29.9 Å². The number of carbonyl (C=O) groups is 1. The average Bonchev–Trinajstić information content (AvgIpc) is 3.48. The molecule has 0 aromatic carbocycles. The number of piperidine rings is 1. The Labute approximate surface area is 178 Å². The Morgan fingerprint density at radius 2 is 2.18 bits per heavy atom. The highest BCUT2D eigenvalue weighted by Crippen LogP contribution is 2.39. The van der Waals surface area contributed by atoms with E-state index in [0.717, 1.165) is 49.1 Å². The maximum atomic E-state index is 12.2. The van der Waals surface area contributed by atoms with Gasteiger partial charge < -0.3 is 10.2 Å². The lowest BCUT2D eigenvalue weighted by Gasteiger charge is -2.32. The van der Waals surface area contributed by atoms with Gasteiger partial charge in [-0.1, -0.05) is 34.1 Å². The summed E-state index contributed by atoms with van der Waals surface area (Å²) in [6.07, 6.45) is 7.45. The Kier molecular flexibility index (Phi) is 7.25. The average molecular weight is 437 g/mol. The third-order valence-corrected chi connectivity index (χ3v) is 9.35. The molecule has 2 aromatic heterocycles. The van der Waals surface area contributed by atoms with Crippen molar-refractivity contribution < 1.29 is 4.79 Å². The van der Waals surface area contributed by atoms with Crippen LogP contribution in [0.1, 0.15) is 44.9 Å². The summed E-state index contributed by atoms with van der Waals surface area (Å²) >= 11 is 1.72. The molecule has 0 spiro atoms. The summed E-state index contributed by atoms with van der Waals surface area (Å²) in [7, 11) is 4.03. The van der Waals surface area contributed by atoms with Crippen LogP contribution in [-0.2, 0) is 4.79 Å². The van der Waals surface area contributed by atoms with E-state index in [4.69, 9.17) is 0 Å². The van der Waals surface area contributed by atoms with Gasteiger partial charge in [-0.05, 0) is 43.6 Å². The highest BCUT2D eigenvalue weighted by Gasteiger charge is 2.22. The van der Waals surface area contributed by atoms with Gasteiger partial charge in [0.25, 0.3) is 0 Å². The molecule has 0 saturated carbocycles. The zero-order valence-corrected chi connectivity index (χ0v) is 18.5. The molecular weight excluding hydrogens is 408 g/mol. The maximum absolute atomic E-state index is 12.2. The molecule has 28 heavy (non-hydrogen) atoms. The number of amides is 1. The van der Waals surface area contributed by atoms with Crippen LogP contribution in [0.4, 0.5) is 5.82 Å². The van der Waals surface area contributed by atoms with Crippen LogP contribution in [0.3, 0.4) is 0 Å². The van der Waals surface area contributed by atoms with Crippen LogP contribution in [0, 0.1) is 0 Å². The van der Waals surface area contributed by atoms with Crippen molar-refractivity contribution in [3.8, 4) is 10.6 Å². The Morgan fingerprint density at radius 3 is 2.93 bits per heavy atom. The fourth-order valence-corrected chi connectivity index (χ4v) is 7.53. The lowest BCUT2D eigenvalue weighted by Crippen LogP contribution is -2.44. The van der Waals surface area contributed by atoms with Crippen LogP contribution < -0.4 is 10.2 Å². The third kappa shape index (κ3) is 5.48. The molecular formula is C20H28N4OS3.